The Hall–Kier alpha value is -3.26. The molecule has 1 aromatic heterocycles. The summed E-state index contributed by atoms with van der Waals surface area (Å²) < 4.78 is 52.5. The lowest BCUT2D eigenvalue weighted by atomic mass is 9.88. The van der Waals surface area contributed by atoms with Crippen molar-refractivity contribution in [2.75, 3.05) is 6.54 Å². The molecule has 3 aromatic rings. The van der Waals surface area contributed by atoms with E-state index in [9.17, 15) is 22.4 Å². The van der Waals surface area contributed by atoms with Gasteiger partial charge in [-0.05, 0) is 54.3 Å². The molecular weight excluding hydrogens is 422 g/mol. The molecule has 0 unspecified atom stereocenters. The van der Waals surface area contributed by atoms with Gasteiger partial charge in [-0.15, -0.1) is 0 Å². The van der Waals surface area contributed by atoms with Gasteiger partial charge in [0, 0.05) is 12.1 Å². The molecule has 0 aliphatic heterocycles. The number of carbonyl (C=O) groups is 1. The Morgan fingerprint density at radius 3 is 2.28 bits per heavy atom. The molecule has 1 amide bonds. The van der Waals surface area contributed by atoms with Crippen LogP contribution in [0.15, 0.2) is 66.9 Å². The van der Waals surface area contributed by atoms with Gasteiger partial charge >= 0.3 is 6.18 Å². The van der Waals surface area contributed by atoms with Crippen molar-refractivity contribution in [3.8, 4) is 0 Å². The van der Waals surface area contributed by atoms with E-state index in [4.69, 9.17) is 5.73 Å². The van der Waals surface area contributed by atoms with Gasteiger partial charge in [0.1, 0.15) is 17.6 Å². The summed E-state index contributed by atoms with van der Waals surface area (Å²) in [4.78, 5) is 15.5. The highest BCUT2D eigenvalue weighted by Gasteiger charge is 2.32. The number of halogens is 4. The van der Waals surface area contributed by atoms with Crippen LogP contribution >= 0.6 is 0 Å². The molecule has 0 saturated heterocycles. The second-order valence-electron chi connectivity index (χ2n) is 7.52. The number of alkyl halides is 3. The molecule has 1 heterocycles. The highest BCUT2D eigenvalue weighted by Crippen LogP contribution is 2.32. The Labute approximate surface area is 183 Å². The highest BCUT2D eigenvalue weighted by atomic mass is 19.4. The largest absolute Gasteiger partial charge is 0.433 e. The van der Waals surface area contributed by atoms with Crippen LogP contribution in [0.5, 0.6) is 0 Å². The van der Waals surface area contributed by atoms with Crippen molar-refractivity contribution >= 4 is 5.91 Å². The Morgan fingerprint density at radius 1 is 1.03 bits per heavy atom. The predicted octanol–water partition coefficient (Wildman–Crippen LogP) is 4.89. The molecule has 0 radical (unpaired) electrons. The topological polar surface area (TPSA) is 68.0 Å². The van der Waals surface area contributed by atoms with Crippen molar-refractivity contribution in [1.29, 1.82) is 0 Å². The van der Waals surface area contributed by atoms with E-state index >= 15 is 0 Å². The third-order valence-corrected chi connectivity index (χ3v) is 5.26. The van der Waals surface area contributed by atoms with E-state index in [0.29, 0.717) is 29.7 Å². The van der Waals surface area contributed by atoms with Crippen LogP contribution in [0.2, 0.25) is 0 Å². The number of pyridine rings is 1. The summed E-state index contributed by atoms with van der Waals surface area (Å²) >= 11 is 0. The van der Waals surface area contributed by atoms with Gasteiger partial charge < -0.3 is 11.1 Å². The van der Waals surface area contributed by atoms with Crippen molar-refractivity contribution in [3.63, 3.8) is 0 Å². The van der Waals surface area contributed by atoms with Gasteiger partial charge in [-0.3, -0.25) is 9.78 Å². The van der Waals surface area contributed by atoms with Crippen molar-refractivity contribution in [2.45, 2.75) is 31.5 Å². The van der Waals surface area contributed by atoms with Crippen LogP contribution in [0.4, 0.5) is 17.6 Å². The SMILES string of the molecule is Cc1cc([C@@H](CCN[C@H](C(N)=O)c2ccccc2)c2ccc(C(F)(F)F)nc2)ccc1F. The zero-order valence-corrected chi connectivity index (χ0v) is 17.4. The average molecular weight is 445 g/mol. The van der Waals surface area contributed by atoms with Crippen molar-refractivity contribution in [2.24, 2.45) is 5.73 Å². The van der Waals surface area contributed by atoms with Gasteiger partial charge in [0.15, 0.2) is 0 Å². The van der Waals surface area contributed by atoms with Crippen LogP contribution in [-0.2, 0) is 11.0 Å². The first-order chi connectivity index (χ1) is 15.2. The highest BCUT2D eigenvalue weighted by molar-refractivity contribution is 5.81. The molecule has 168 valence electrons. The monoisotopic (exact) mass is 445 g/mol. The summed E-state index contributed by atoms with van der Waals surface area (Å²) in [6, 6.07) is 15.2. The van der Waals surface area contributed by atoms with Gasteiger partial charge in [-0.2, -0.15) is 13.2 Å². The third kappa shape index (κ3) is 5.70. The fraction of sp³-hybridized carbons (Fsp3) is 0.250. The van der Waals surface area contributed by atoms with E-state index in [2.05, 4.69) is 10.3 Å². The lowest BCUT2D eigenvalue weighted by Crippen LogP contribution is -2.34. The van der Waals surface area contributed by atoms with Crippen LogP contribution in [0, 0.1) is 12.7 Å². The summed E-state index contributed by atoms with van der Waals surface area (Å²) in [5.74, 6) is -1.27. The van der Waals surface area contributed by atoms with Gasteiger partial charge in [0.25, 0.3) is 0 Å². The van der Waals surface area contributed by atoms with Crippen LogP contribution in [0.25, 0.3) is 0 Å². The number of nitrogens with zero attached hydrogens (tertiary/aromatic N) is 1. The van der Waals surface area contributed by atoms with Gasteiger partial charge in [0.2, 0.25) is 5.91 Å². The molecule has 0 aliphatic rings. The van der Waals surface area contributed by atoms with Crippen molar-refractivity contribution < 1.29 is 22.4 Å². The van der Waals surface area contributed by atoms with E-state index in [0.717, 1.165) is 11.6 Å². The Morgan fingerprint density at radius 2 is 1.72 bits per heavy atom. The Kier molecular flexibility index (Phi) is 7.25. The van der Waals surface area contributed by atoms with Crippen LogP contribution in [0.1, 0.15) is 46.3 Å². The quantitative estimate of drug-likeness (QED) is 0.486. The number of hydrogen-bond acceptors (Lipinski definition) is 3. The fourth-order valence-corrected chi connectivity index (χ4v) is 3.59. The normalized spacial score (nSPS) is 13.5. The molecule has 0 aliphatic carbocycles. The molecule has 3 rings (SSSR count). The molecule has 2 atom stereocenters. The van der Waals surface area contributed by atoms with Crippen molar-refractivity contribution in [3.05, 3.63) is 101 Å². The molecule has 0 saturated carbocycles. The lowest BCUT2D eigenvalue weighted by Gasteiger charge is -2.21. The van der Waals surface area contributed by atoms with E-state index < -0.39 is 23.8 Å². The molecule has 4 nitrogen and oxygen atoms in total. The zero-order valence-electron chi connectivity index (χ0n) is 17.4. The molecule has 0 spiro atoms. The minimum atomic E-state index is -4.54. The number of rotatable bonds is 8. The first-order valence-electron chi connectivity index (χ1n) is 10.0. The average Bonchev–Trinajstić information content (AvgIpc) is 2.76. The number of benzene rings is 2. The van der Waals surface area contributed by atoms with E-state index in [-0.39, 0.29) is 11.7 Å². The standard InChI is InChI=1S/C24H23F4N3O/c1-15-13-17(7-9-20(15)25)19(18-8-10-21(31-14-18)24(26,27)28)11-12-30-22(23(29)32)16-5-3-2-4-6-16/h2-10,13-14,19,22,30H,11-12H2,1H3,(H2,29,32)/t19-,22+/m1/s1. The molecule has 3 N–H and O–H groups in total. The minimum Gasteiger partial charge on any atom is -0.368 e. The summed E-state index contributed by atoms with van der Waals surface area (Å²) in [7, 11) is 0. The molecule has 0 bridgehead atoms. The van der Waals surface area contributed by atoms with Crippen LogP contribution < -0.4 is 11.1 Å². The number of amides is 1. The van der Waals surface area contributed by atoms with Crippen LogP contribution in [-0.4, -0.2) is 17.4 Å². The molecule has 8 heteroatoms. The maximum atomic E-state index is 13.8. The summed E-state index contributed by atoms with van der Waals surface area (Å²) in [5.41, 5.74) is 7.00. The summed E-state index contributed by atoms with van der Waals surface area (Å²) in [6.07, 6.45) is -2.92. The van der Waals surface area contributed by atoms with Crippen LogP contribution in [0.3, 0.4) is 0 Å². The molecular formula is C24H23F4N3O. The first-order valence-corrected chi connectivity index (χ1v) is 10.0. The maximum absolute atomic E-state index is 13.8. The first kappa shape index (κ1) is 23.4. The second-order valence-corrected chi connectivity index (χ2v) is 7.52. The molecule has 0 fully saturated rings. The summed E-state index contributed by atoms with van der Waals surface area (Å²) in [5, 5.41) is 3.12. The van der Waals surface area contributed by atoms with E-state index in [1.807, 2.05) is 6.07 Å². The predicted molar refractivity (Wildman–Crippen MR) is 113 cm³/mol. The van der Waals surface area contributed by atoms with Gasteiger partial charge in [-0.1, -0.05) is 48.5 Å². The number of hydrogen-bond donors (Lipinski definition) is 2. The minimum absolute atomic E-state index is 0.338. The fourth-order valence-electron chi connectivity index (χ4n) is 3.59. The van der Waals surface area contributed by atoms with Gasteiger partial charge in [0.05, 0.1) is 0 Å². The van der Waals surface area contributed by atoms with Crippen molar-refractivity contribution in [1.82, 2.24) is 10.3 Å². The van der Waals surface area contributed by atoms with Gasteiger partial charge in [-0.25, -0.2) is 4.39 Å². The van der Waals surface area contributed by atoms with E-state index in [1.165, 1.54) is 18.3 Å². The smallest absolute Gasteiger partial charge is 0.368 e. The number of aromatic nitrogens is 1. The number of nitrogens with one attached hydrogen (secondary N) is 1. The third-order valence-electron chi connectivity index (χ3n) is 5.26. The lowest BCUT2D eigenvalue weighted by molar-refractivity contribution is -0.141. The number of nitrogens with two attached hydrogens (primary N) is 1. The molecule has 2 aromatic carbocycles. The molecule has 32 heavy (non-hydrogen) atoms. The zero-order chi connectivity index (χ0) is 23.3. The summed E-state index contributed by atoms with van der Waals surface area (Å²) in [6.45, 7) is 1.96. The number of aryl methyl sites for hydroxylation is 1. The number of carbonyl (C=O) groups excluding carboxylic acids is 1. The maximum Gasteiger partial charge on any atom is 0.433 e. The second kappa shape index (κ2) is 9.91. The Balaban J connectivity index is 1.84. The van der Waals surface area contributed by atoms with E-state index in [1.54, 1.807) is 43.3 Å². The number of primary amides is 1. The Bertz CT molecular complexity index is 1050.